The number of hydrogen-bond acceptors (Lipinski definition) is 7. The van der Waals surface area contributed by atoms with Gasteiger partial charge in [0.15, 0.2) is 5.82 Å². The molecule has 1 rings (SSSR count). The third kappa shape index (κ3) is 3.52. The predicted octanol–water partition coefficient (Wildman–Crippen LogP) is 1.15. The van der Waals surface area contributed by atoms with Gasteiger partial charge in [-0.1, -0.05) is 13.8 Å². The smallest absolute Gasteiger partial charge is 0.372 e. The van der Waals surface area contributed by atoms with Crippen molar-refractivity contribution < 1.29 is 14.4 Å². The fourth-order valence-electron chi connectivity index (χ4n) is 1.21. The van der Waals surface area contributed by atoms with Gasteiger partial charge in [0.2, 0.25) is 5.82 Å². The molecular formula is C10H16N4O4. The minimum Gasteiger partial charge on any atom is -0.472 e. The normalized spacial score (nSPS) is 10.7. The summed E-state index contributed by atoms with van der Waals surface area (Å²) in [5.74, 6) is 0.125. The molecule has 8 nitrogen and oxygen atoms in total. The molecule has 0 spiro atoms. The summed E-state index contributed by atoms with van der Waals surface area (Å²) in [6.45, 7) is 4.27. The SMILES string of the molecule is COCc1nc(N)c([N+](=O)[O-])c(OCC(C)C)n1. The van der Waals surface area contributed by atoms with E-state index in [1.165, 1.54) is 7.11 Å². The molecule has 0 amide bonds. The van der Waals surface area contributed by atoms with Crippen molar-refractivity contribution in [1.82, 2.24) is 9.97 Å². The van der Waals surface area contributed by atoms with Crippen LogP contribution in [0.5, 0.6) is 5.88 Å². The maximum Gasteiger partial charge on any atom is 0.372 e. The Hall–Kier alpha value is -1.96. The van der Waals surface area contributed by atoms with E-state index in [2.05, 4.69) is 9.97 Å². The second-order valence-corrected chi connectivity index (χ2v) is 4.07. The molecule has 0 aromatic carbocycles. The number of aromatic nitrogens is 2. The Bertz CT molecular complexity index is 436. The van der Waals surface area contributed by atoms with Gasteiger partial charge < -0.3 is 15.2 Å². The Labute approximate surface area is 104 Å². The largest absolute Gasteiger partial charge is 0.472 e. The minimum atomic E-state index is -0.651. The van der Waals surface area contributed by atoms with Crippen LogP contribution in [0.2, 0.25) is 0 Å². The van der Waals surface area contributed by atoms with Crippen molar-refractivity contribution in [2.45, 2.75) is 20.5 Å². The lowest BCUT2D eigenvalue weighted by Gasteiger charge is -2.10. The summed E-state index contributed by atoms with van der Waals surface area (Å²) in [5.41, 5.74) is 5.12. The Kier molecular flexibility index (Phi) is 4.78. The van der Waals surface area contributed by atoms with Crippen LogP contribution in [-0.4, -0.2) is 28.6 Å². The fourth-order valence-corrected chi connectivity index (χ4v) is 1.21. The van der Waals surface area contributed by atoms with Crippen molar-refractivity contribution in [3.8, 4) is 5.88 Å². The van der Waals surface area contributed by atoms with Gasteiger partial charge in [-0.05, 0) is 5.92 Å². The molecule has 100 valence electrons. The van der Waals surface area contributed by atoms with E-state index < -0.39 is 10.6 Å². The summed E-state index contributed by atoms with van der Waals surface area (Å²) < 4.78 is 10.2. The molecule has 0 aliphatic rings. The second-order valence-electron chi connectivity index (χ2n) is 4.07. The monoisotopic (exact) mass is 256 g/mol. The maximum atomic E-state index is 10.9. The lowest BCUT2D eigenvalue weighted by Crippen LogP contribution is -2.12. The van der Waals surface area contributed by atoms with Gasteiger partial charge in [0, 0.05) is 7.11 Å². The van der Waals surface area contributed by atoms with Crippen molar-refractivity contribution in [2.75, 3.05) is 19.5 Å². The molecule has 1 heterocycles. The lowest BCUT2D eigenvalue weighted by molar-refractivity contribution is -0.385. The highest BCUT2D eigenvalue weighted by atomic mass is 16.6. The fraction of sp³-hybridized carbons (Fsp3) is 0.600. The van der Waals surface area contributed by atoms with Gasteiger partial charge in [-0.25, -0.2) is 4.98 Å². The third-order valence-electron chi connectivity index (χ3n) is 1.93. The first-order chi connectivity index (χ1) is 8.45. The van der Waals surface area contributed by atoms with Crippen LogP contribution in [0.3, 0.4) is 0 Å². The van der Waals surface area contributed by atoms with Crippen molar-refractivity contribution in [1.29, 1.82) is 0 Å². The minimum absolute atomic E-state index is 0.111. The van der Waals surface area contributed by atoms with Crippen LogP contribution in [0.15, 0.2) is 0 Å². The average molecular weight is 256 g/mol. The summed E-state index contributed by atoms with van der Waals surface area (Å²) in [7, 11) is 1.47. The van der Waals surface area contributed by atoms with Crippen molar-refractivity contribution in [3.63, 3.8) is 0 Å². The molecule has 0 aliphatic heterocycles. The van der Waals surface area contributed by atoms with E-state index in [0.717, 1.165) is 0 Å². The number of nitrogen functional groups attached to an aromatic ring is 1. The van der Waals surface area contributed by atoms with E-state index in [9.17, 15) is 10.1 Å². The van der Waals surface area contributed by atoms with Gasteiger partial charge >= 0.3 is 5.69 Å². The van der Waals surface area contributed by atoms with Gasteiger partial charge in [-0.2, -0.15) is 4.98 Å². The average Bonchev–Trinajstić information content (AvgIpc) is 2.25. The Morgan fingerprint density at radius 3 is 2.61 bits per heavy atom. The number of rotatable bonds is 6. The van der Waals surface area contributed by atoms with Crippen LogP contribution in [-0.2, 0) is 11.3 Å². The van der Waals surface area contributed by atoms with Crippen LogP contribution in [0.25, 0.3) is 0 Å². The van der Waals surface area contributed by atoms with Crippen molar-refractivity contribution >= 4 is 11.5 Å². The molecule has 18 heavy (non-hydrogen) atoms. The van der Waals surface area contributed by atoms with Crippen LogP contribution >= 0.6 is 0 Å². The molecule has 0 aliphatic carbocycles. The summed E-state index contributed by atoms with van der Waals surface area (Å²) >= 11 is 0. The van der Waals surface area contributed by atoms with Crippen LogP contribution in [0, 0.1) is 16.0 Å². The van der Waals surface area contributed by atoms with Gasteiger partial charge in [0.05, 0.1) is 11.5 Å². The first-order valence-electron chi connectivity index (χ1n) is 5.38. The standard InChI is InChI=1S/C10H16N4O4/c1-6(2)4-18-10-8(14(15)16)9(11)12-7(13-10)5-17-3/h6H,4-5H2,1-3H3,(H2,11,12,13). The van der Waals surface area contributed by atoms with Crippen LogP contribution in [0.1, 0.15) is 19.7 Å². The third-order valence-corrected chi connectivity index (χ3v) is 1.93. The highest BCUT2D eigenvalue weighted by Crippen LogP contribution is 2.30. The van der Waals surface area contributed by atoms with E-state index in [4.69, 9.17) is 15.2 Å². The van der Waals surface area contributed by atoms with Gasteiger partial charge in [0.1, 0.15) is 6.61 Å². The highest BCUT2D eigenvalue weighted by molar-refractivity contribution is 5.58. The molecule has 0 atom stereocenters. The zero-order valence-corrected chi connectivity index (χ0v) is 10.5. The quantitative estimate of drug-likeness (QED) is 0.599. The number of hydrogen-bond donors (Lipinski definition) is 1. The molecular weight excluding hydrogens is 240 g/mol. The first kappa shape index (κ1) is 14.1. The van der Waals surface area contributed by atoms with E-state index in [-0.39, 0.29) is 30.0 Å². The van der Waals surface area contributed by atoms with Crippen molar-refractivity contribution in [2.24, 2.45) is 5.92 Å². The molecule has 0 unspecified atom stereocenters. The summed E-state index contributed by atoms with van der Waals surface area (Å²) in [4.78, 5) is 18.0. The highest BCUT2D eigenvalue weighted by Gasteiger charge is 2.24. The van der Waals surface area contributed by atoms with Gasteiger partial charge in [-0.15, -0.1) is 0 Å². The molecule has 1 aromatic rings. The molecule has 1 aromatic heterocycles. The summed E-state index contributed by atoms with van der Waals surface area (Å²) in [6, 6.07) is 0. The van der Waals surface area contributed by atoms with Gasteiger partial charge in [-0.3, -0.25) is 10.1 Å². The molecule has 0 radical (unpaired) electrons. The zero-order chi connectivity index (χ0) is 13.7. The summed E-state index contributed by atoms with van der Waals surface area (Å²) in [5, 5.41) is 10.9. The van der Waals surface area contributed by atoms with Gasteiger partial charge in [0.25, 0.3) is 5.88 Å². The predicted molar refractivity (Wildman–Crippen MR) is 64.1 cm³/mol. The van der Waals surface area contributed by atoms with Crippen LogP contribution < -0.4 is 10.5 Å². The Balaban J connectivity index is 3.11. The van der Waals surface area contributed by atoms with E-state index in [1.54, 1.807) is 0 Å². The number of nitrogens with zero attached hydrogens (tertiary/aromatic N) is 3. The molecule has 0 saturated carbocycles. The Morgan fingerprint density at radius 2 is 2.11 bits per heavy atom. The maximum absolute atomic E-state index is 10.9. The number of anilines is 1. The van der Waals surface area contributed by atoms with E-state index in [1.807, 2.05) is 13.8 Å². The molecule has 0 saturated heterocycles. The molecule has 8 heteroatoms. The molecule has 0 bridgehead atoms. The molecule has 0 fully saturated rings. The van der Waals surface area contributed by atoms with E-state index in [0.29, 0.717) is 6.61 Å². The number of methoxy groups -OCH3 is 1. The number of nitro groups is 1. The van der Waals surface area contributed by atoms with E-state index >= 15 is 0 Å². The van der Waals surface area contributed by atoms with Crippen molar-refractivity contribution in [3.05, 3.63) is 15.9 Å². The number of ether oxygens (including phenoxy) is 2. The Morgan fingerprint density at radius 1 is 1.44 bits per heavy atom. The molecule has 2 N–H and O–H groups in total. The second kappa shape index (κ2) is 6.10. The topological polar surface area (TPSA) is 113 Å². The van der Waals surface area contributed by atoms with Crippen LogP contribution in [0.4, 0.5) is 11.5 Å². The number of nitrogens with two attached hydrogens (primary N) is 1. The first-order valence-corrected chi connectivity index (χ1v) is 5.38. The zero-order valence-electron chi connectivity index (χ0n) is 10.5. The summed E-state index contributed by atoms with van der Waals surface area (Å²) in [6.07, 6.45) is 0. The lowest BCUT2D eigenvalue weighted by atomic mass is 10.2.